The molecule has 0 aliphatic carbocycles. The minimum atomic E-state index is -2.87. The Morgan fingerprint density at radius 3 is 2.25 bits per heavy atom. The predicted molar refractivity (Wildman–Crippen MR) is 63.0 cm³/mol. The van der Waals surface area contributed by atoms with Crippen molar-refractivity contribution in [1.29, 1.82) is 0 Å². The molecule has 2 rings (SSSR count). The number of carbonyl (C=O) groups excluding carboxylic acids is 1. The molecule has 2 aliphatic rings. The molecule has 3 nitrogen and oxygen atoms in total. The minimum absolute atomic E-state index is 0.0348. The highest BCUT2D eigenvalue weighted by Crippen LogP contribution is 2.41. The van der Waals surface area contributed by atoms with E-state index in [1.54, 1.807) is 0 Å². The third-order valence-electron chi connectivity index (χ3n) is 4.07. The van der Waals surface area contributed by atoms with Gasteiger partial charge in [0.25, 0.3) is 0 Å². The Balaban J connectivity index is 2.00. The van der Waals surface area contributed by atoms with Crippen molar-refractivity contribution in [1.82, 2.24) is 0 Å². The Labute approximate surface area is 97.5 Å². The van der Waals surface area contributed by atoms with Crippen LogP contribution in [-0.4, -0.2) is 24.7 Å². The van der Waals surface area contributed by atoms with Crippen molar-refractivity contribution in [3.8, 4) is 0 Å². The average molecular weight is 244 g/mol. The summed E-state index contributed by atoms with van der Waals surface area (Å²) in [5.74, 6) is 0.334. The highest BCUT2D eigenvalue weighted by Gasteiger charge is 2.48. The lowest BCUT2D eigenvalue weighted by molar-refractivity contribution is -0.123. The quantitative estimate of drug-likeness (QED) is 0.761. The number of carbonyl (C=O) groups is 1. The van der Waals surface area contributed by atoms with Crippen LogP contribution in [0, 0.1) is 5.92 Å². The fourth-order valence-electron chi connectivity index (χ4n) is 3.03. The van der Waals surface area contributed by atoms with Gasteiger partial charge in [-0.25, -0.2) is 8.42 Å². The lowest BCUT2D eigenvalue weighted by atomic mass is 9.92. The second-order valence-corrected chi connectivity index (χ2v) is 7.66. The summed E-state index contributed by atoms with van der Waals surface area (Å²) in [6.07, 6.45) is 5.37. The summed E-state index contributed by atoms with van der Waals surface area (Å²) in [6, 6.07) is 0. The first kappa shape index (κ1) is 12.1. The Hall–Kier alpha value is -0.380. The molecule has 2 atom stereocenters. The van der Waals surface area contributed by atoms with Crippen LogP contribution in [0.4, 0.5) is 0 Å². The molecule has 16 heavy (non-hydrogen) atoms. The maximum Gasteiger partial charge on any atom is 0.156 e. The van der Waals surface area contributed by atoms with E-state index >= 15 is 0 Å². The molecular formula is C12H20O3S. The topological polar surface area (TPSA) is 51.2 Å². The van der Waals surface area contributed by atoms with E-state index < -0.39 is 9.84 Å². The molecular weight excluding hydrogens is 224 g/mol. The smallest absolute Gasteiger partial charge is 0.156 e. The molecule has 92 valence electrons. The van der Waals surface area contributed by atoms with E-state index in [-0.39, 0.29) is 16.4 Å². The van der Waals surface area contributed by atoms with Crippen molar-refractivity contribution in [3.05, 3.63) is 0 Å². The molecule has 0 aromatic carbocycles. The number of fused-ring (bicyclic) bond motifs is 2. The zero-order valence-electron chi connectivity index (χ0n) is 9.81. The number of Topliss-reactive ketones (excluding diaryl/α,β-unsaturated/α-hetero) is 1. The Morgan fingerprint density at radius 2 is 1.75 bits per heavy atom. The maximum absolute atomic E-state index is 11.9. The third kappa shape index (κ3) is 2.04. The lowest BCUT2D eigenvalue weighted by Crippen LogP contribution is -2.36. The molecule has 0 spiro atoms. The Bertz CT molecular complexity index is 352. The maximum atomic E-state index is 11.9. The van der Waals surface area contributed by atoms with E-state index in [9.17, 15) is 13.2 Å². The fourth-order valence-corrected chi connectivity index (χ4v) is 5.50. The highest BCUT2D eigenvalue weighted by molar-refractivity contribution is 7.93. The molecule has 2 aliphatic heterocycles. The number of hydrogen-bond donors (Lipinski definition) is 0. The van der Waals surface area contributed by atoms with Gasteiger partial charge in [-0.3, -0.25) is 4.79 Å². The fraction of sp³-hybridized carbons (Fsp3) is 0.917. The van der Waals surface area contributed by atoms with Gasteiger partial charge >= 0.3 is 0 Å². The first-order valence-electron chi connectivity index (χ1n) is 6.31. The second-order valence-electron chi connectivity index (χ2n) is 5.15. The van der Waals surface area contributed by atoms with Gasteiger partial charge in [-0.05, 0) is 32.1 Å². The van der Waals surface area contributed by atoms with Gasteiger partial charge in [0, 0.05) is 12.3 Å². The normalized spacial score (nSPS) is 36.2. The standard InChI is InChI=1S/C12H20O3S/c1-2-3-4-12(13)9-7-10-5-6-11(8-9)16(10,14)15/h9-11H,2-8H2,1H3. The van der Waals surface area contributed by atoms with Crippen LogP contribution in [0.1, 0.15) is 51.9 Å². The number of unbranched alkanes of at least 4 members (excludes halogenated alkanes) is 1. The second kappa shape index (κ2) is 4.47. The van der Waals surface area contributed by atoms with E-state index in [4.69, 9.17) is 0 Å². The zero-order chi connectivity index (χ0) is 11.8. The molecule has 2 fully saturated rings. The lowest BCUT2D eigenvalue weighted by Gasteiger charge is -2.26. The molecule has 2 heterocycles. The summed E-state index contributed by atoms with van der Waals surface area (Å²) < 4.78 is 23.7. The van der Waals surface area contributed by atoms with Gasteiger partial charge in [0.2, 0.25) is 0 Å². The Morgan fingerprint density at radius 1 is 1.19 bits per heavy atom. The van der Waals surface area contributed by atoms with Gasteiger partial charge in [0.15, 0.2) is 9.84 Å². The van der Waals surface area contributed by atoms with Crippen LogP contribution >= 0.6 is 0 Å². The van der Waals surface area contributed by atoms with Crippen molar-refractivity contribution in [2.24, 2.45) is 5.92 Å². The molecule has 4 heteroatoms. The summed E-state index contributed by atoms with van der Waals surface area (Å²) >= 11 is 0. The van der Waals surface area contributed by atoms with Crippen LogP contribution in [0.2, 0.25) is 0 Å². The summed E-state index contributed by atoms with van der Waals surface area (Å²) in [7, 11) is -2.87. The van der Waals surface area contributed by atoms with Crippen molar-refractivity contribution in [2.45, 2.75) is 62.4 Å². The molecule has 0 aromatic heterocycles. The summed E-state index contributed by atoms with van der Waals surface area (Å²) in [5, 5.41) is -0.413. The number of ketones is 1. The number of sulfone groups is 1. The first-order chi connectivity index (χ1) is 7.55. The van der Waals surface area contributed by atoms with E-state index in [2.05, 4.69) is 6.92 Å². The monoisotopic (exact) mass is 244 g/mol. The van der Waals surface area contributed by atoms with Crippen LogP contribution in [0.3, 0.4) is 0 Å². The van der Waals surface area contributed by atoms with Crippen LogP contribution < -0.4 is 0 Å². The van der Waals surface area contributed by atoms with E-state index in [0.29, 0.717) is 25.0 Å². The minimum Gasteiger partial charge on any atom is -0.299 e. The van der Waals surface area contributed by atoms with Crippen molar-refractivity contribution in [3.63, 3.8) is 0 Å². The van der Waals surface area contributed by atoms with Gasteiger partial charge in [0.1, 0.15) is 5.78 Å². The largest absolute Gasteiger partial charge is 0.299 e. The van der Waals surface area contributed by atoms with E-state index in [1.165, 1.54) is 0 Å². The Kier molecular flexibility index (Phi) is 3.38. The molecule has 0 saturated carbocycles. The van der Waals surface area contributed by atoms with Crippen molar-refractivity contribution in [2.75, 3.05) is 0 Å². The van der Waals surface area contributed by atoms with Gasteiger partial charge in [-0.2, -0.15) is 0 Å². The molecule has 2 unspecified atom stereocenters. The predicted octanol–water partition coefficient (Wildman–Crippen LogP) is 2.10. The zero-order valence-corrected chi connectivity index (χ0v) is 10.6. The molecule has 0 N–H and O–H groups in total. The number of rotatable bonds is 4. The average Bonchev–Trinajstić information content (AvgIpc) is 2.47. The van der Waals surface area contributed by atoms with Gasteiger partial charge in [0.05, 0.1) is 10.5 Å². The molecule has 0 amide bonds. The highest BCUT2D eigenvalue weighted by atomic mass is 32.2. The third-order valence-corrected chi connectivity index (χ3v) is 6.78. The van der Waals surface area contributed by atoms with E-state index in [1.807, 2.05) is 0 Å². The van der Waals surface area contributed by atoms with Crippen molar-refractivity contribution < 1.29 is 13.2 Å². The van der Waals surface area contributed by atoms with Gasteiger partial charge < -0.3 is 0 Å². The molecule has 2 bridgehead atoms. The summed E-state index contributed by atoms with van der Waals surface area (Å²) in [6.45, 7) is 2.07. The molecule has 0 radical (unpaired) electrons. The SMILES string of the molecule is CCCCC(=O)C1CC2CCC(C1)S2(=O)=O. The van der Waals surface area contributed by atoms with Crippen molar-refractivity contribution >= 4 is 15.6 Å². The number of hydrogen-bond acceptors (Lipinski definition) is 3. The van der Waals surface area contributed by atoms with Crippen LogP contribution in [0.5, 0.6) is 0 Å². The van der Waals surface area contributed by atoms with Gasteiger partial charge in [-0.15, -0.1) is 0 Å². The molecule has 0 aromatic rings. The van der Waals surface area contributed by atoms with Crippen LogP contribution in [-0.2, 0) is 14.6 Å². The first-order valence-corrected chi connectivity index (χ1v) is 7.92. The summed E-state index contributed by atoms with van der Waals surface area (Å²) in [5.41, 5.74) is 0. The summed E-state index contributed by atoms with van der Waals surface area (Å²) in [4.78, 5) is 11.9. The van der Waals surface area contributed by atoms with E-state index in [0.717, 1.165) is 25.7 Å². The van der Waals surface area contributed by atoms with Crippen LogP contribution in [0.15, 0.2) is 0 Å². The molecule has 2 saturated heterocycles. The van der Waals surface area contributed by atoms with Crippen LogP contribution in [0.25, 0.3) is 0 Å². The van der Waals surface area contributed by atoms with Gasteiger partial charge in [-0.1, -0.05) is 13.3 Å².